The average Bonchev–Trinajstić information content (AvgIpc) is 3.06. The molecule has 0 aromatic rings. The first-order chi connectivity index (χ1) is 9.56. The summed E-state index contributed by atoms with van der Waals surface area (Å²) in [5.74, 6) is -1.27. The van der Waals surface area contributed by atoms with Crippen molar-refractivity contribution in [2.45, 2.75) is 57.3 Å². The maximum absolute atomic E-state index is 12.0. The third kappa shape index (κ3) is 4.18. The van der Waals surface area contributed by atoms with Crippen LogP contribution >= 0.6 is 0 Å². The Morgan fingerprint density at radius 1 is 1.40 bits per heavy atom. The van der Waals surface area contributed by atoms with Crippen LogP contribution < -0.4 is 5.32 Å². The van der Waals surface area contributed by atoms with Gasteiger partial charge in [0.25, 0.3) is 0 Å². The highest BCUT2D eigenvalue weighted by atomic mass is 16.5. The molecule has 6 nitrogen and oxygen atoms in total. The minimum Gasteiger partial charge on any atom is -0.481 e. The third-order valence-electron chi connectivity index (χ3n) is 4.05. The monoisotopic (exact) mass is 285 g/mol. The Hall–Kier alpha value is -1.14. The van der Waals surface area contributed by atoms with E-state index in [1.54, 1.807) is 6.92 Å². The van der Waals surface area contributed by atoms with E-state index in [0.29, 0.717) is 19.4 Å². The molecule has 2 rings (SSSR count). The molecule has 1 aliphatic heterocycles. The summed E-state index contributed by atoms with van der Waals surface area (Å²) in [6.07, 6.45) is 3.48. The number of ether oxygens (including phenoxy) is 2. The Bertz CT molecular complexity index is 353. The van der Waals surface area contributed by atoms with E-state index >= 15 is 0 Å². The lowest BCUT2D eigenvalue weighted by Gasteiger charge is -2.19. The smallest absolute Gasteiger partial charge is 0.306 e. The number of hydrogen-bond donors (Lipinski definition) is 2. The Labute approximate surface area is 118 Å². The van der Waals surface area contributed by atoms with Crippen LogP contribution in [0.15, 0.2) is 0 Å². The van der Waals surface area contributed by atoms with Crippen LogP contribution in [-0.2, 0) is 19.1 Å². The van der Waals surface area contributed by atoms with Gasteiger partial charge in [0.15, 0.2) is 0 Å². The molecular formula is C14H23NO5. The standard InChI is InChI=1S/C14H23NO5/c1-9(20-8-12-3-2-6-19-12)13(16)15-11-5-4-10(7-11)14(17)18/h9-12H,2-8H2,1H3,(H,15,16)(H,17,18)/t9?,10-,11+,12?/m1/s1. The van der Waals surface area contributed by atoms with Gasteiger partial charge in [-0.3, -0.25) is 9.59 Å². The highest BCUT2D eigenvalue weighted by Gasteiger charge is 2.31. The van der Waals surface area contributed by atoms with E-state index in [1.807, 2.05) is 0 Å². The minimum absolute atomic E-state index is 0.0441. The van der Waals surface area contributed by atoms with Crippen molar-refractivity contribution in [2.24, 2.45) is 5.92 Å². The van der Waals surface area contributed by atoms with Crippen molar-refractivity contribution in [3.05, 3.63) is 0 Å². The summed E-state index contributed by atoms with van der Waals surface area (Å²) >= 11 is 0. The zero-order valence-electron chi connectivity index (χ0n) is 11.8. The number of carbonyl (C=O) groups excluding carboxylic acids is 1. The normalized spacial score (nSPS) is 31.1. The molecule has 2 unspecified atom stereocenters. The van der Waals surface area contributed by atoms with Gasteiger partial charge < -0.3 is 19.9 Å². The van der Waals surface area contributed by atoms with Gasteiger partial charge in [-0.1, -0.05) is 0 Å². The Kier molecular flexibility index (Phi) is 5.37. The predicted octanol–water partition coefficient (Wildman–Crippen LogP) is 0.940. The third-order valence-corrected chi connectivity index (χ3v) is 4.05. The van der Waals surface area contributed by atoms with Gasteiger partial charge in [0.2, 0.25) is 5.91 Å². The van der Waals surface area contributed by atoms with Crippen LogP contribution in [0.1, 0.15) is 39.0 Å². The van der Waals surface area contributed by atoms with E-state index < -0.39 is 12.1 Å². The Morgan fingerprint density at radius 3 is 2.80 bits per heavy atom. The molecule has 6 heteroatoms. The summed E-state index contributed by atoms with van der Waals surface area (Å²) in [5, 5.41) is 11.8. The van der Waals surface area contributed by atoms with Gasteiger partial charge in [-0.15, -0.1) is 0 Å². The highest BCUT2D eigenvalue weighted by molar-refractivity contribution is 5.80. The molecule has 2 aliphatic rings. The zero-order valence-corrected chi connectivity index (χ0v) is 11.8. The second-order valence-corrected chi connectivity index (χ2v) is 5.66. The van der Waals surface area contributed by atoms with Crippen LogP contribution in [-0.4, -0.2) is 48.4 Å². The van der Waals surface area contributed by atoms with Crippen molar-refractivity contribution in [2.75, 3.05) is 13.2 Å². The summed E-state index contributed by atoms with van der Waals surface area (Å²) in [4.78, 5) is 22.8. The van der Waals surface area contributed by atoms with E-state index in [0.717, 1.165) is 25.9 Å². The molecule has 2 fully saturated rings. The molecule has 4 atom stereocenters. The van der Waals surface area contributed by atoms with E-state index in [9.17, 15) is 9.59 Å². The van der Waals surface area contributed by atoms with Crippen molar-refractivity contribution in [3.63, 3.8) is 0 Å². The van der Waals surface area contributed by atoms with Gasteiger partial charge >= 0.3 is 5.97 Å². The molecule has 0 aromatic heterocycles. The summed E-state index contributed by atoms with van der Waals surface area (Å²) < 4.78 is 11.0. The zero-order chi connectivity index (χ0) is 14.5. The molecule has 1 saturated heterocycles. The summed E-state index contributed by atoms with van der Waals surface area (Å²) in [5.41, 5.74) is 0. The van der Waals surface area contributed by atoms with Crippen molar-refractivity contribution in [3.8, 4) is 0 Å². The number of rotatable bonds is 6. The Morgan fingerprint density at radius 2 is 2.20 bits per heavy atom. The highest BCUT2D eigenvalue weighted by Crippen LogP contribution is 2.25. The van der Waals surface area contributed by atoms with Crippen LogP contribution in [0.5, 0.6) is 0 Å². The van der Waals surface area contributed by atoms with E-state index in [-0.39, 0.29) is 24.0 Å². The quantitative estimate of drug-likeness (QED) is 0.758. The molecule has 1 saturated carbocycles. The van der Waals surface area contributed by atoms with E-state index in [4.69, 9.17) is 14.6 Å². The SMILES string of the molecule is CC(OCC1CCCO1)C(=O)N[C@H]1CC[C@@H](C(=O)O)C1. The molecule has 2 N–H and O–H groups in total. The van der Waals surface area contributed by atoms with Crippen LogP contribution in [0, 0.1) is 5.92 Å². The van der Waals surface area contributed by atoms with Gasteiger partial charge in [-0.25, -0.2) is 0 Å². The van der Waals surface area contributed by atoms with Crippen LogP contribution in [0.2, 0.25) is 0 Å². The number of amides is 1. The first-order valence-corrected chi connectivity index (χ1v) is 7.32. The molecule has 114 valence electrons. The first kappa shape index (κ1) is 15.3. The number of carboxylic acids is 1. The first-order valence-electron chi connectivity index (χ1n) is 7.32. The van der Waals surface area contributed by atoms with Gasteiger partial charge in [0, 0.05) is 12.6 Å². The molecule has 1 amide bonds. The van der Waals surface area contributed by atoms with Gasteiger partial charge in [-0.2, -0.15) is 0 Å². The Balaban J connectivity index is 1.67. The molecule has 0 aromatic carbocycles. The number of hydrogen-bond acceptors (Lipinski definition) is 4. The average molecular weight is 285 g/mol. The van der Waals surface area contributed by atoms with Gasteiger partial charge in [0.05, 0.1) is 18.6 Å². The van der Waals surface area contributed by atoms with Crippen LogP contribution in [0.4, 0.5) is 0 Å². The molecule has 0 spiro atoms. The topological polar surface area (TPSA) is 84.9 Å². The van der Waals surface area contributed by atoms with E-state index in [2.05, 4.69) is 5.32 Å². The molecule has 20 heavy (non-hydrogen) atoms. The lowest BCUT2D eigenvalue weighted by molar-refractivity contribution is -0.141. The summed E-state index contributed by atoms with van der Waals surface area (Å²) in [7, 11) is 0. The maximum atomic E-state index is 12.0. The van der Waals surface area contributed by atoms with Gasteiger partial charge in [0.1, 0.15) is 6.10 Å². The van der Waals surface area contributed by atoms with Gasteiger partial charge in [-0.05, 0) is 39.0 Å². The fraction of sp³-hybridized carbons (Fsp3) is 0.857. The maximum Gasteiger partial charge on any atom is 0.306 e. The second-order valence-electron chi connectivity index (χ2n) is 5.66. The van der Waals surface area contributed by atoms with Crippen molar-refractivity contribution in [1.29, 1.82) is 0 Å². The van der Waals surface area contributed by atoms with Crippen LogP contribution in [0.25, 0.3) is 0 Å². The van der Waals surface area contributed by atoms with Crippen molar-refractivity contribution < 1.29 is 24.2 Å². The van der Waals surface area contributed by atoms with Crippen LogP contribution in [0.3, 0.4) is 0 Å². The summed E-state index contributed by atoms with van der Waals surface area (Å²) in [6, 6.07) is -0.0441. The minimum atomic E-state index is -0.774. The second kappa shape index (κ2) is 7.04. The molecule has 1 heterocycles. The lowest BCUT2D eigenvalue weighted by atomic mass is 10.1. The largest absolute Gasteiger partial charge is 0.481 e. The molecule has 1 aliphatic carbocycles. The molecule has 0 radical (unpaired) electrons. The number of carbonyl (C=O) groups is 2. The fourth-order valence-corrected chi connectivity index (χ4v) is 2.76. The number of aliphatic carboxylic acids is 1. The lowest BCUT2D eigenvalue weighted by Crippen LogP contribution is -2.41. The van der Waals surface area contributed by atoms with E-state index in [1.165, 1.54) is 0 Å². The summed E-state index contributed by atoms with van der Waals surface area (Å²) in [6.45, 7) is 2.93. The molecule has 0 bridgehead atoms. The molecular weight excluding hydrogens is 262 g/mol. The number of nitrogens with one attached hydrogen (secondary N) is 1. The predicted molar refractivity (Wildman–Crippen MR) is 71.3 cm³/mol. The van der Waals surface area contributed by atoms with Crippen molar-refractivity contribution >= 4 is 11.9 Å². The van der Waals surface area contributed by atoms with Crippen molar-refractivity contribution in [1.82, 2.24) is 5.32 Å². The fourth-order valence-electron chi connectivity index (χ4n) is 2.76. The number of carboxylic acid groups (broad SMARTS) is 1.